The third-order valence-corrected chi connectivity index (χ3v) is 8.28. The number of nitrogens with one attached hydrogen (secondary N) is 1. The first-order chi connectivity index (χ1) is 15.0. The number of anilines is 1. The van der Waals surface area contributed by atoms with Gasteiger partial charge in [0.15, 0.2) is 5.82 Å². The first kappa shape index (κ1) is 19.4. The number of amides is 1. The minimum absolute atomic E-state index is 0.0601. The molecule has 2 N–H and O–H groups in total. The first-order valence-corrected chi connectivity index (χ1v) is 11.9. The molecule has 7 rings (SSSR count). The van der Waals surface area contributed by atoms with E-state index in [2.05, 4.69) is 17.4 Å². The third kappa shape index (κ3) is 3.38. The van der Waals surface area contributed by atoms with E-state index < -0.39 is 0 Å². The summed E-state index contributed by atoms with van der Waals surface area (Å²) in [6.07, 6.45) is 10.8. The van der Waals surface area contributed by atoms with E-state index in [0.717, 1.165) is 65.2 Å². The van der Waals surface area contributed by atoms with Crippen LogP contribution in [0.3, 0.4) is 0 Å². The second-order valence-corrected chi connectivity index (χ2v) is 10.7. The molecule has 0 saturated heterocycles. The number of rotatable bonds is 4. The van der Waals surface area contributed by atoms with Crippen molar-refractivity contribution in [1.82, 2.24) is 9.97 Å². The van der Waals surface area contributed by atoms with Gasteiger partial charge in [0.25, 0.3) is 0 Å². The topological polar surface area (TPSA) is 75.1 Å². The molecule has 5 aliphatic rings. The summed E-state index contributed by atoms with van der Waals surface area (Å²) in [4.78, 5) is 22.1. The first-order valence-electron chi connectivity index (χ1n) is 11.9. The van der Waals surface area contributed by atoms with Gasteiger partial charge in [0, 0.05) is 12.5 Å². The Bertz CT molecular complexity index is 1030. The van der Waals surface area contributed by atoms with Gasteiger partial charge in [0.2, 0.25) is 5.91 Å². The van der Waals surface area contributed by atoms with Crippen molar-refractivity contribution in [2.24, 2.45) is 23.2 Å². The molecule has 4 bridgehead atoms. The van der Waals surface area contributed by atoms with Crippen LogP contribution in [0.1, 0.15) is 68.0 Å². The highest BCUT2D eigenvalue weighted by Gasteiger charge is 2.51. The highest BCUT2D eigenvalue weighted by Crippen LogP contribution is 2.61. The van der Waals surface area contributed by atoms with Gasteiger partial charge < -0.3 is 10.4 Å². The second-order valence-electron chi connectivity index (χ2n) is 10.7. The van der Waals surface area contributed by atoms with E-state index in [9.17, 15) is 9.90 Å². The monoisotopic (exact) mass is 417 g/mol. The van der Waals surface area contributed by atoms with Gasteiger partial charge in [-0.1, -0.05) is 18.2 Å². The molecule has 5 nitrogen and oxygen atoms in total. The molecule has 31 heavy (non-hydrogen) atoms. The summed E-state index contributed by atoms with van der Waals surface area (Å²) in [5.41, 5.74) is 6.56. The molecule has 4 saturated carbocycles. The maximum absolute atomic E-state index is 12.0. The maximum Gasteiger partial charge on any atom is 0.222 e. The van der Waals surface area contributed by atoms with E-state index in [1.165, 1.54) is 44.1 Å². The number of aryl methyl sites for hydroxylation is 2. The van der Waals surface area contributed by atoms with Crippen molar-refractivity contribution in [2.75, 3.05) is 5.32 Å². The van der Waals surface area contributed by atoms with Gasteiger partial charge in [0.1, 0.15) is 0 Å². The smallest absolute Gasteiger partial charge is 0.222 e. The average molecular weight is 418 g/mol. The van der Waals surface area contributed by atoms with Crippen molar-refractivity contribution < 1.29 is 9.90 Å². The molecule has 4 fully saturated rings. The zero-order valence-corrected chi connectivity index (χ0v) is 18.3. The number of aromatic nitrogens is 2. The van der Waals surface area contributed by atoms with E-state index >= 15 is 0 Å². The SMILES string of the molecule is CC(=O)Nc1nc2c(nc1CC13CC4CC(CC(C4)C1)C3)-c1ccc(CO)cc1CC2. The maximum atomic E-state index is 12.0. The van der Waals surface area contributed by atoms with E-state index in [0.29, 0.717) is 11.2 Å². The molecule has 0 spiro atoms. The van der Waals surface area contributed by atoms with Crippen LogP contribution < -0.4 is 5.32 Å². The van der Waals surface area contributed by atoms with Crippen LogP contribution in [0.25, 0.3) is 11.3 Å². The van der Waals surface area contributed by atoms with Gasteiger partial charge >= 0.3 is 0 Å². The Hall–Kier alpha value is -2.27. The van der Waals surface area contributed by atoms with Gasteiger partial charge in [-0.25, -0.2) is 9.97 Å². The molecule has 0 atom stereocenters. The minimum Gasteiger partial charge on any atom is -0.392 e. The van der Waals surface area contributed by atoms with Gasteiger partial charge in [-0.05, 0) is 92.1 Å². The number of hydrogen-bond acceptors (Lipinski definition) is 4. The lowest BCUT2D eigenvalue weighted by molar-refractivity contribution is -0.114. The van der Waals surface area contributed by atoms with Crippen LogP contribution in [0.5, 0.6) is 0 Å². The normalized spacial score (nSPS) is 30.1. The van der Waals surface area contributed by atoms with Crippen LogP contribution >= 0.6 is 0 Å². The lowest BCUT2D eigenvalue weighted by atomic mass is 9.48. The molecule has 1 amide bonds. The highest BCUT2D eigenvalue weighted by molar-refractivity contribution is 5.88. The summed E-state index contributed by atoms with van der Waals surface area (Å²) in [5, 5.41) is 12.5. The lowest BCUT2D eigenvalue weighted by Gasteiger charge is -2.57. The van der Waals surface area contributed by atoms with Crippen LogP contribution in [0.15, 0.2) is 18.2 Å². The lowest BCUT2D eigenvalue weighted by Crippen LogP contribution is -2.47. The fourth-order valence-corrected chi connectivity index (χ4v) is 7.58. The van der Waals surface area contributed by atoms with Crippen LogP contribution in [0.2, 0.25) is 0 Å². The zero-order chi connectivity index (χ0) is 21.2. The number of carbonyl (C=O) groups is 1. The van der Waals surface area contributed by atoms with Gasteiger partial charge in [-0.3, -0.25) is 4.79 Å². The fourth-order valence-electron chi connectivity index (χ4n) is 7.58. The second kappa shape index (κ2) is 7.13. The molecule has 0 radical (unpaired) electrons. The summed E-state index contributed by atoms with van der Waals surface area (Å²) < 4.78 is 0. The predicted molar refractivity (Wildman–Crippen MR) is 119 cm³/mol. The predicted octanol–water partition coefficient (Wildman–Crippen LogP) is 4.45. The molecule has 0 aliphatic heterocycles. The highest BCUT2D eigenvalue weighted by atomic mass is 16.3. The molecule has 5 aliphatic carbocycles. The van der Waals surface area contributed by atoms with Crippen LogP contribution in [-0.4, -0.2) is 21.0 Å². The van der Waals surface area contributed by atoms with Crippen molar-refractivity contribution in [3.8, 4) is 11.3 Å². The van der Waals surface area contributed by atoms with E-state index in [1.807, 2.05) is 6.07 Å². The largest absolute Gasteiger partial charge is 0.392 e. The zero-order valence-electron chi connectivity index (χ0n) is 18.3. The van der Waals surface area contributed by atoms with Crippen LogP contribution in [0, 0.1) is 23.2 Å². The Kier molecular flexibility index (Phi) is 4.46. The molecule has 162 valence electrons. The van der Waals surface area contributed by atoms with Crippen LogP contribution in [-0.2, 0) is 30.7 Å². The van der Waals surface area contributed by atoms with E-state index in [-0.39, 0.29) is 12.5 Å². The minimum atomic E-state index is -0.0789. The van der Waals surface area contributed by atoms with Crippen molar-refractivity contribution >= 4 is 11.7 Å². The fraction of sp³-hybridized carbons (Fsp3) is 0.577. The summed E-state index contributed by atoms with van der Waals surface area (Å²) in [7, 11) is 0. The Morgan fingerprint density at radius 1 is 1.10 bits per heavy atom. The van der Waals surface area contributed by atoms with Crippen molar-refractivity contribution in [3.63, 3.8) is 0 Å². The molecule has 1 aromatic carbocycles. The van der Waals surface area contributed by atoms with E-state index in [1.54, 1.807) is 6.92 Å². The molecule has 1 aromatic heterocycles. The van der Waals surface area contributed by atoms with Gasteiger partial charge in [0.05, 0.1) is 23.7 Å². The molecular formula is C26H31N3O2. The van der Waals surface area contributed by atoms with E-state index in [4.69, 9.17) is 9.97 Å². The third-order valence-electron chi connectivity index (χ3n) is 8.28. The Morgan fingerprint density at radius 3 is 2.45 bits per heavy atom. The molecule has 5 heteroatoms. The number of aliphatic hydroxyl groups excluding tert-OH is 1. The molecule has 1 heterocycles. The number of fused-ring (bicyclic) bond motifs is 3. The summed E-state index contributed by atoms with van der Waals surface area (Å²) >= 11 is 0. The Labute approximate surface area is 183 Å². The average Bonchev–Trinajstić information content (AvgIpc) is 2.72. The number of benzene rings is 1. The Balaban J connectivity index is 1.41. The molecule has 2 aromatic rings. The number of hydrogen-bond donors (Lipinski definition) is 2. The molecular weight excluding hydrogens is 386 g/mol. The van der Waals surface area contributed by atoms with Crippen molar-refractivity contribution in [3.05, 3.63) is 40.7 Å². The summed E-state index contributed by atoms with van der Waals surface area (Å²) in [6, 6.07) is 6.16. The summed E-state index contributed by atoms with van der Waals surface area (Å²) in [6.45, 7) is 1.62. The van der Waals surface area contributed by atoms with Crippen LogP contribution in [0.4, 0.5) is 5.82 Å². The quantitative estimate of drug-likeness (QED) is 0.771. The van der Waals surface area contributed by atoms with Gasteiger partial charge in [-0.15, -0.1) is 0 Å². The standard InChI is InChI=1S/C26H31N3O2/c1-15(31)27-25-23(13-26-10-17-6-18(11-26)8-19(7-17)12-26)28-24-21-4-2-16(14-30)9-20(21)3-5-22(24)29-25/h2,4,9,17-19,30H,3,5-8,10-14H2,1H3,(H,27,29,31). The number of nitrogens with zero attached hydrogens (tertiary/aromatic N) is 2. The van der Waals surface area contributed by atoms with Crippen molar-refractivity contribution in [2.45, 2.75) is 71.3 Å². The van der Waals surface area contributed by atoms with Gasteiger partial charge in [-0.2, -0.15) is 0 Å². The number of aliphatic hydroxyl groups is 1. The summed E-state index contributed by atoms with van der Waals surface area (Å²) in [5.74, 6) is 3.26. The number of carbonyl (C=O) groups excluding carboxylic acids is 1. The Morgan fingerprint density at radius 2 is 1.81 bits per heavy atom. The molecule has 0 unspecified atom stereocenters. The van der Waals surface area contributed by atoms with Crippen molar-refractivity contribution in [1.29, 1.82) is 0 Å².